The van der Waals surface area contributed by atoms with E-state index in [0.29, 0.717) is 13.0 Å². The quantitative estimate of drug-likeness (QED) is 0.475. The largest absolute Gasteiger partial charge is 0.466 e. The second-order valence-corrected chi connectivity index (χ2v) is 8.82. The summed E-state index contributed by atoms with van der Waals surface area (Å²) in [6.07, 6.45) is 4.01. The number of esters is 1. The van der Waals surface area contributed by atoms with Crippen molar-refractivity contribution in [1.82, 2.24) is 0 Å². The second-order valence-electron chi connectivity index (χ2n) is 7.38. The number of hydrogen-bond acceptors (Lipinski definition) is 4. The predicted octanol–water partition coefficient (Wildman–Crippen LogP) is 3.91. The molecule has 4 bridgehead atoms. The summed E-state index contributed by atoms with van der Waals surface area (Å²) >= 11 is 13.0. The van der Waals surface area contributed by atoms with Gasteiger partial charge in [-0.1, -0.05) is 19.8 Å². The standard InChI is InChI=1S/C18H26Cl2O4/c1-3-5-6-10(17(22)23-4-2)7-14(21)16-11-8-13-15(24-16)9-12(11)18(13,19)20/h10-13,15-16H,3-9H2,1-2H3. The molecule has 4 nitrogen and oxygen atoms in total. The van der Waals surface area contributed by atoms with Gasteiger partial charge in [0.1, 0.15) is 10.4 Å². The minimum absolute atomic E-state index is 0.00772. The van der Waals surface area contributed by atoms with Crippen molar-refractivity contribution in [3.8, 4) is 0 Å². The topological polar surface area (TPSA) is 52.6 Å². The lowest BCUT2D eigenvalue weighted by molar-refractivity contribution is -0.164. The predicted molar refractivity (Wildman–Crippen MR) is 92.1 cm³/mol. The number of carbonyl (C=O) groups excluding carboxylic acids is 2. The van der Waals surface area contributed by atoms with Crippen LogP contribution >= 0.6 is 23.2 Å². The van der Waals surface area contributed by atoms with Gasteiger partial charge in [0.15, 0.2) is 5.78 Å². The fraction of sp³-hybridized carbons (Fsp3) is 0.889. The fourth-order valence-electron chi connectivity index (χ4n) is 4.78. The number of alkyl halides is 2. The van der Waals surface area contributed by atoms with Gasteiger partial charge in [0.05, 0.1) is 18.6 Å². The monoisotopic (exact) mass is 376 g/mol. The molecule has 4 aliphatic rings. The molecule has 0 aromatic heterocycles. The molecule has 2 heterocycles. The van der Waals surface area contributed by atoms with Crippen LogP contribution in [0.15, 0.2) is 0 Å². The van der Waals surface area contributed by atoms with Crippen LogP contribution in [0.1, 0.15) is 52.4 Å². The van der Waals surface area contributed by atoms with Crippen molar-refractivity contribution in [3.05, 3.63) is 0 Å². The van der Waals surface area contributed by atoms with Gasteiger partial charge in [-0.15, -0.1) is 23.2 Å². The Morgan fingerprint density at radius 2 is 2.00 bits per heavy atom. The smallest absolute Gasteiger partial charge is 0.309 e. The molecular weight excluding hydrogens is 351 g/mol. The Kier molecular flexibility index (Phi) is 5.48. The number of hydrogen-bond donors (Lipinski definition) is 0. The zero-order valence-corrected chi connectivity index (χ0v) is 15.8. The van der Waals surface area contributed by atoms with Crippen LogP contribution in [0, 0.1) is 23.7 Å². The summed E-state index contributed by atoms with van der Waals surface area (Å²) in [7, 11) is 0. The minimum atomic E-state index is -0.757. The summed E-state index contributed by atoms with van der Waals surface area (Å²) in [5, 5.41) is 0. The first-order valence-electron chi connectivity index (χ1n) is 9.12. The molecule has 136 valence electrons. The Morgan fingerprint density at radius 3 is 2.54 bits per heavy atom. The zero-order chi connectivity index (χ0) is 17.5. The molecule has 6 heteroatoms. The van der Waals surface area contributed by atoms with Crippen LogP contribution in [0.5, 0.6) is 0 Å². The molecule has 0 amide bonds. The zero-order valence-electron chi connectivity index (χ0n) is 14.3. The van der Waals surface area contributed by atoms with E-state index < -0.39 is 10.4 Å². The summed E-state index contributed by atoms with van der Waals surface area (Å²) in [4.78, 5) is 25.0. The Balaban J connectivity index is 1.65. The molecule has 2 aliphatic carbocycles. The summed E-state index contributed by atoms with van der Waals surface area (Å²) in [5.41, 5.74) is 0. The van der Waals surface area contributed by atoms with E-state index in [2.05, 4.69) is 6.92 Å². The summed E-state index contributed by atoms with van der Waals surface area (Å²) in [6, 6.07) is 0. The molecular formula is C18H26Cl2O4. The highest BCUT2D eigenvalue weighted by Crippen LogP contribution is 2.66. The maximum Gasteiger partial charge on any atom is 0.309 e. The van der Waals surface area contributed by atoms with Gasteiger partial charge in [-0.3, -0.25) is 9.59 Å². The number of ether oxygens (including phenoxy) is 2. The van der Waals surface area contributed by atoms with Crippen LogP contribution in [-0.2, 0) is 19.1 Å². The Morgan fingerprint density at radius 1 is 1.25 bits per heavy atom. The molecule has 0 aromatic carbocycles. The molecule has 4 rings (SSSR count). The summed E-state index contributed by atoms with van der Waals surface area (Å²) < 4.78 is 10.4. The summed E-state index contributed by atoms with van der Waals surface area (Å²) in [5.74, 6) is -0.261. The molecule has 4 fully saturated rings. The van der Waals surface area contributed by atoms with Crippen molar-refractivity contribution in [2.24, 2.45) is 23.7 Å². The third-order valence-corrected chi connectivity index (χ3v) is 7.09. The van der Waals surface area contributed by atoms with Crippen LogP contribution in [0.4, 0.5) is 0 Å². The first kappa shape index (κ1) is 18.5. The average molecular weight is 377 g/mol. The van der Waals surface area contributed by atoms with E-state index in [1.165, 1.54) is 0 Å². The molecule has 0 radical (unpaired) electrons. The fourth-order valence-corrected chi connectivity index (χ4v) is 5.74. The first-order chi connectivity index (χ1) is 11.4. The highest BCUT2D eigenvalue weighted by molar-refractivity contribution is 6.49. The van der Waals surface area contributed by atoms with E-state index in [9.17, 15) is 9.59 Å². The molecule has 2 aliphatic heterocycles. The normalized spacial score (nSPS) is 36.8. The highest BCUT2D eigenvalue weighted by Gasteiger charge is 2.68. The first-order valence-corrected chi connectivity index (χ1v) is 9.88. The highest BCUT2D eigenvalue weighted by atomic mass is 35.5. The van der Waals surface area contributed by atoms with E-state index in [1.54, 1.807) is 6.92 Å². The van der Waals surface area contributed by atoms with Gasteiger partial charge in [0.2, 0.25) is 0 Å². The molecule has 0 spiro atoms. The van der Waals surface area contributed by atoms with Crippen molar-refractivity contribution in [2.75, 3.05) is 6.61 Å². The third-order valence-electron chi connectivity index (χ3n) is 5.97. The van der Waals surface area contributed by atoms with Crippen molar-refractivity contribution < 1.29 is 19.1 Å². The van der Waals surface area contributed by atoms with Crippen molar-refractivity contribution in [3.63, 3.8) is 0 Å². The van der Waals surface area contributed by atoms with E-state index in [0.717, 1.165) is 25.7 Å². The maximum atomic E-state index is 12.8. The molecule has 24 heavy (non-hydrogen) atoms. The number of Topliss-reactive ketones (excluding diaryl/α,β-unsaturated/α-hetero) is 1. The molecule has 6 atom stereocenters. The number of fused-ring (bicyclic) bond motifs is 1. The average Bonchev–Trinajstić information content (AvgIpc) is 2.93. The van der Waals surface area contributed by atoms with Gasteiger partial charge >= 0.3 is 5.97 Å². The third kappa shape index (κ3) is 3.10. The summed E-state index contributed by atoms with van der Waals surface area (Å²) in [6.45, 7) is 4.19. The van der Waals surface area contributed by atoms with Crippen molar-refractivity contribution in [2.45, 2.75) is 68.9 Å². The Labute approximate surface area is 153 Å². The van der Waals surface area contributed by atoms with Crippen molar-refractivity contribution >= 4 is 35.0 Å². The number of halogens is 2. The lowest BCUT2D eigenvalue weighted by atomic mass is 9.77. The number of rotatable bonds is 8. The maximum absolute atomic E-state index is 12.8. The van der Waals surface area contributed by atoms with Gasteiger partial charge in [-0.2, -0.15) is 0 Å². The minimum Gasteiger partial charge on any atom is -0.466 e. The van der Waals surface area contributed by atoms with Gasteiger partial charge < -0.3 is 9.47 Å². The van der Waals surface area contributed by atoms with E-state index in [-0.39, 0.29) is 47.9 Å². The van der Waals surface area contributed by atoms with Crippen LogP contribution in [-0.4, -0.2) is 34.9 Å². The molecule has 2 saturated carbocycles. The van der Waals surface area contributed by atoms with Gasteiger partial charge in [-0.05, 0) is 32.1 Å². The van der Waals surface area contributed by atoms with Crippen LogP contribution in [0.2, 0.25) is 0 Å². The molecule has 6 unspecified atom stereocenters. The van der Waals surface area contributed by atoms with Crippen LogP contribution < -0.4 is 0 Å². The van der Waals surface area contributed by atoms with Gasteiger partial charge in [-0.25, -0.2) is 0 Å². The van der Waals surface area contributed by atoms with Gasteiger partial charge in [0, 0.05) is 18.3 Å². The number of unbranched alkanes of at least 4 members (excludes halogenated alkanes) is 1. The SMILES string of the molecule is CCCCC(CC(=O)C1OC2CC3C1CC2C3(Cl)Cl)C(=O)OCC. The Bertz CT molecular complexity index is 507. The van der Waals surface area contributed by atoms with E-state index in [4.69, 9.17) is 32.7 Å². The lowest BCUT2D eigenvalue weighted by Crippen LogP contribution is -2.47. The molecule has 2 saturated heterocycles. The molecule has 0 aromatic rings. The van der Waals surface area contributed by atoms with Gasteiger partial charge in [0.25, 0.3) is 0 Å². The van der Waals surface area contributed by atoms with E-state index in [1.807, 2.05) is 0 Å². The van der Waals surface area contributed by atoms with E-state index >= 15 is 0 Å². The number of ketones is 1. The van der Waals surface area contributed by atoms with Crippen LogP contribution in [0.3, 0.4) is 0 Å². The lowest BCUT2D eigenvalue weighted by Gasteiger charge is -2.41. The number of carbonyl (C=O) groups is 2. The van der Waals surface area contributed by atoms with Crippen molar-refractivity contribution in [1.29, 1.82) is 0 Å². The second kappa shape index (κ2) is 7.13. The molecule has 0 N–H and O–H groups in total. The Hall–Kier alpha value is -0.320. The van der Waals surface area contributed by atoms with Crippen LogP contribution in [0.25, 0.3) is 0 Å².